The smallest absolute Gasteiger partial charge is 0.410 e. The van der Waals surface area contributed by atoms with Crippen molar-refractivity contribution in [3.63, 3.8) is 0 Å². The van der Waals surface area contributed by atoms with Gasteiger partial charge in [0.25, 0.3) is 5.56 Å². The van der Waals surface area contributed by atoms with Gasteiger partial charge in [0.2, 0.25) is 0 Å². The van der Waals surface area contributed by atoms with Gasteiger partial charge in [0.05, 0.1) is 17.8 Å². The Hall–Kier alpha value is -1.85. The highest BCUT2D eigenvalue weighted by Gasteiger charge is 2.26. The number of hydrogen-bond acceptors (Lipinski definition) is 4. The number of ether oxygens (including phenoxy) is 1. The molecule has 1 amide bonds. The van der Waals surface area contributed by atoms with Crippen LogP contribution in [0, 0.1) is 6.92 Å². The molecule has 110 valence electrons. The van der Waals surface area contributed by atoms with E-state index in [4.69, 9.17) is 4.74 Å². The van der Waals surface area contributed by atoms with Crippen molar-refractivity contribution in [1.82, 2.24) is 14.9 Å². The lowest BCUT2D eigenvalue weighted by Crippen LogP contribution is -2.37. The van der Waals surface area contributed by atoms with E-state index in [1.54, 1.807) is 11.8 Å². The Balaban J connectivity index is 2.24. The molecular weight excluding hydrogens is 258 g/mol. The second-order valence-corrected chi connectivity index (χ2v) is 6.08. The Labute approximate surface area is 118 Å². The first kappa shape index (κ1) is 14.6. The first-order valence-electron chi connectivity index (χ1n) is 6.83. The fourth-order valence-corrected chi connectivity index (χ4v) is 2.23. The number of aromatic amines is 1. The molecule has 1 aliphatic rings. The summed E-state index contributed by atoms with van der Waals surface area (Å²) in [5, 5.41) is 0. The Morgan fingerprint density at radius 3 is 2.75 bits per heavy atom. The lowest BCUT2D eigenvalue weighted by Gasteiger charge is -2.26. The van der Waals surface area contributed by atoms with Gasteiger partial charge in [-0.3, -0.25) is 4.79 Å². The monoisotopic (exact) mass is 279 g/mol. The molecule has 0 saturated carbocycles. The summed E-state index contributed by atoms with van der Waals surface area (Å²) >= 11 is 0. The van der Waals surface area contributed by atoms with Gasteiger partial charge in [0.1, 0.15) is 11.4 Å². The van der Waals surface area contributed by atoms with Gasteiger partial charge in [0.15, 0.2) is 0 Å². The van der Waals surface area contributed by atoms with Crippen LogP contribution in [0.3, 0.4) is 0 Å². The number of hydrogen-bond donors (Lipinski definition) is 1. The molecule has 1 aromatic heterocycles. The van der Waals surface area contributed by atoms with Crippen molar-refractivity contribution in [3.05, 3.63) is 27.4 Å². The average Bonchev–Trinajstić information content (AvgIpc) is 2.49. The number of carbonyl (C=O) groups excluding carboxylic acids is 1. The van der Waals surface area contributed by atoms with E-state index in [0.29, 0.717) is 24.4 Å². The summed E-state index contributed by atoms with van der Waals surface area (Å²) in [5.74, 6) is 0.611. The molecular formula is C14H21N3O3. The zero-order chi connectivity index (χ0) is 14.9. The SMILES string of the molecule is Cc1nc2c(c(=O)[nH]1)CN(C(=O)OC(C)(C)C)CCC2. The van der Waals surface area contributed by atoms with E-state index in [1.807, 2.05) is 20.8 Å². The van der Waals surface area contributed by atoms with E-state index in [-0.39, 0.29) is 18.2 Å². The minimum atomic E-state index is -0.538. The maximum Gasteiger partial charge on any atom is 0.410 e. The standard InChI is InChI=1S/C14H21N3O3/c1-9-15-11-6-5-7-17(8-10(11)12(18)16-9)13(19)20-14(2,3)4/h5-8H2,1-4H3,(H,15,16,18). The molecule has 0 aromatic carbocycles. The summed E-state index contributed by atoms with van der Waals surface area (Å²) in [6, 6.07) is 0. The van der Waals surface area contributed by atoms with Crippen LogP contribution >= 0.6 is 0 Å². The Morgan fingerprint density at radius 1 is 1.40 bits per heavy atom. The summed E-state index contributed by atoms with van der Waals surface area (Å²) < 4.78 is 5.37. The van der Waals surface area contributed by atoms with Gasteiger partial charge >= 0.3 is 6.09 Å². The second kappa shape index (κ2) is 5.26. The zero-order valence-corrected chi connectivity index (χ0v) is 12.4. The Morgan fingerprint density at radius 2 is 2.10 bits per heavy atom. The number of aromatic nitrogens is 2. The molecule has 1 N–H and O–H groups in total. The number of carbonyl (C=O) groups is 1. The van der Waals surface area contributed by atoms with Crippen molar-refractivity contribution in [2.45, 2.75) is 52.7 Å². The van der Waals surface area contributed by atoms with E-state index in [1.165, 1.54) is 0 Å². The van der Waals surface area contributed by atoms with Crippen molar-refractivity contribution < 1.29 is 9.53 Å². The molecule has 0 atom stereocenters. The molecule has 0 spiro atoms. The normalized spacial score (nSPS) is 15.5. The van der Waals surface area contributed by atoms with Crippen molar-refractivity contribution in [2.24, 2.45) is 0 Å². The van der Waals surface area contributed by atoms with Crippen LogP contribution in [0.5, 0.6) is 0 Å². The Bertz CT molecular complexity index is 572. The van der Waals surface area contributed by atoms with Gasteiger partial charge in [-0.15, -0.1) is 0 Å². The van der Waals surface area contributed by atoms with Crippen LogP contribution in [0.1, 0.15) is 44.3 Å². The number of H-pyrrole nitrogens is 1. The molecule has 20 heavy (non-hydrogen) atoms. The zero-order valence-electron chi connectivity index (χ0n) is 12.4. The van der Waals surface area contributed by atoms with Crippen LogP contribution in [0.4, 0.5) is 4.79 Å². The molecule has 2 heterocycles. The summed E-state index contributed by atoms with van der Waals surface area (Å²) in [7, 11) is 0. The second-order valence-electron chi connectivity index (χ2n) is 6.08. The van der Waals surface area contributed by atoms with E-state index in [2.05, 4.69) is 9.97 Å². The van der Waals surface area contributed by atoms with Crippen molar-refractivity contribution >= 4 is 6.09 Å². The molecule has 1 aliphatic heterocycles. The quantitative estimate of drug-likeness (QED) is 0.785. The van der Waals surface area contributed by atoms with Gasteiger partial charge < -0.3 is 14.6 Å². The van der Waals surface area contributed by atoms with Crippen LogP contribution in [0.15, 0.2) is 4.79 Å². The number of nitrogens with zero attached hydrogens (tertiary/aromatic N) is 2. The molecule has 6 nitrogen and oxygen atoms in total. The minimum absolute atomic E-state index is 0.164. The van der Waals surface area contributed by atoms with Crippen LogP contribution in [-0.2, 0) is 17.7 Å². The molecule has 6 heteroatoms. The molecule has 1 aromatic rings. The number of aryl methyl sites for hydroxylation is 2. The molecule has 0 fully saturated rings. The molecule has 0 radical (unpaired) electrons. The van der Waals surface area contributed by atoms with Gasteiger partial charge in [0, 0.05) is 6.54 Å². The van der Waals surface area contributed by atoms with Crippen LogP contribution in [-0.4, -0.2) is 33.1 Å². The van der Waals surface area contributed by atoms with Crippen molar-refractivity contribution in [3.8, 4) is 0 Å². The maximum absolute atomic E-state index is 12.1. The van der Waals surface area contributed by atoms with Gasteiger partial charge in [-0.1, -0.05) is 0 Å². The first-order chi connectivity index (χ1) is 9.26. The van der Waals surface area contributed by atoms with E-state index < -0.39 is 5.60 Å². The summed E-state index contributed by atoms with van der Waals surface area (Å²) in [5.41, 5.74) is 0.656. The fourth-order valence-electron chi connectivity index (χ4n) is 2.23. The number of amides is 1. The molecule has 0 bridgehead atoms. The third-order valence-electron chi connectivity index (χ3n) is 3.06. The fraction of sp³-hybridized carbons (Fsp3) is 0.643. The Kier molecular flexibility index (Phi) is 3.83. The third kappa shape index (κ3) is 3.37. The van der Waals surface area contributed by atoms with Crippen molar-refractivity contribution in [2.75, 3.05) is 6.54 Å². The number of rotatable bonds is 0. The lowest BCUT2D eigenvalue weighted by molar-refractivity contribution is 0.0236. The highest BCUT2D eigenvalue weighted by Crippen LogP contribution is 2.17. The topological polar surface area (TPSA) is 75.3 Å². The van der Waals surface area contributed by atoms with Crippen LogP contribution in [0.25, 0.3) is 0 Å². The summed E-state index contributed by atoms with van der Waals surface area (Å²) in [6.45, 7) is 8.08. The number of fused-ring (bicyclic) bond motifs is 1. The molecule has 0 aliphatic carbocycles. The van der Waals surface area contributed by atoms with Crippen molar-refractivity contribution in [1.29, 1.82) is 0 Å². The maximum atomic E-state index is 12.1. The molecule has 2 rings (SSSR count). The highest BCUT2D eigenvalue weighted by molar-refractivity contribution is 5.68. The van der Waals surface area contributed by atoms with Gasteiger partial charge in [-0.05, 0) is 40.5 Å². The molecule has 0 saturated heterocycles. The van der Waals surface area contributed by atoms with Gasteiger partial charge in [-0.25, -0.2) is 9.78 Å². The number of nitrogens with one attached hydrogen (secondary N) is 1. The average molecular weight is 279 g/mol. The third-order valence-corrected chi connectivity index (χ3v) is 3.06. The highest BCUT2D eigenvalue weighted by atomic mass is 16.6. The predicted molar refractivity (Wildman–Crippen MR) is 74.6 cm³/mol. The van der Waals surface area contributed by atoms with Gasteiger partial charge in [-0.2, -0.15) is 0 Å². The first-order valence-corrected chi connectivity index (χ1v) is 6.83. The largest absolute Gasteiger partial charge is 0.444 e. The summed E-state index contributed by atoms with van der Waals surface area (Å²) in [6.07, 6.45) is 1.10. The molecule has 0 unspecified atom stereocenters. The lowest BCUT2D eigenvalue weighted by atomic mass is 10.1. The summed E-state index contributed by atoms with van der Waals surface area (Å²) in [4.78, 5) is 32.8. The van der Waals surface area contributed by atoms with E-state index in [9.17, 15) is 9.59 Å². The van der Waals surface area contributed by atoms with Crippen LogP contribution in [0.2, 0.25) is 0 Å². The van der Waals surface area contributed by atoms with Crippen LogP contribution < -0.4 is 5.56 Å². The van der Waals surface area contributed by atoms with E-state index >= 15 is 0 Å². The predicted octanol–water partition coefficient (Wildman–Crippen LogP) is 1.76. The van der Waals surface area contributed by atoms with E-state index in [0.717, 1.165) is 12.1 Å². The minimum Gasteiger partial charge on any atom is -0.444 e.